The average Bonchev–Trinajstić information content (AvgIpc) is 2.91. The molecule has 1 aromatic carbocycles. The quantitative estimate of drug-likeness (QED) is 0.894. The summed E-state index contributed by atoms with van der Waals surface area (Å²) in [4.78, 5) is 2.65. The molecule has 3 rings (SSSR count). The molecule has 2 fully saturated rings. The molecule has 116 valence electrons. The minimum atomic E-state index is 0.229. The van der Waals surface area contributed by atoms with Crippen molar-refractivity contribution in [1.82, 2.24) is 0 Å². The van der Waals surface area contributed by atoms with Crippen molar-refractivity contribution in [2.45, 2.75) is 64.0 Å². The summed E-state index contributed by atoms with van der Waals surface area (Å²) in [5, 5.41) is 0.830. The molecule has 0 amide bonds. The first-order chi connectivity index (χ1) is 10.2. The monoisotopic (exact) mass is 306 g/mol. The molecule has 0 spiro atoms. The Balaban J connectivity index is 1.87. The van der Waals surface area contributed by atoms with E-state index in [9.17, 15) is 0 Å². The van der Waals surface area contributed by atoms with Crippen LogP contribution in [-0.4, -0.2) is 18.6 Å². The molecule has 2 N–H and O–H groups in total. The maximum absolute atomic E-state index is 6.23. The van der Waals surface area contributed by atoms with E-state index in [1.807, 2.05) is 6.07 Å². The maximum atomic E-state index is 6.23. The molecule has 1 saturated carbocycles. The first-order valence-electron chi connectivity index (χ1n) is 8.49. The first-order valence-corrected chi connectivity index (χ1v) is 8.87. The summed E-state index contributed by atoms with van der Waals surface area (Å²) in [6.07, 6.45) is 8.87. The van der Waals surface area contributed by atoms with E-state index in [1.54, 1.807) is 0 Å². The van der Waals surface area contributed by atoms with Crippen LogP contribution in [0.1, 0.15) is 51.0 Å². The number of nitrogens with two attached hydrogens (primary N) is 1. The summed E-state index contributed by atoms with van der Waals surface area (Å²) in [5.41, 5.74) is 8.92. The van der Waals surface area contributed by atoms with Gasteiger partial charge in [0.25, 0.3) is 0 Å². The predicted molar refractivity (Wildman–Crippen MR) is 91.1 cm³/mol. The Hall–Kier alpha value is -0.730. The Labute approximate surface area is 133 Å². The molecule has 1 aromatic rings. The van der Waals surface area contributed by atoms with Gasteiger partial charge in [0, 0.05) is 29.3 Å². The van der Waals surface area contributed by atoms with E-state index >= 15 is 0 Å². The normalized spacial score (nSPS) is 26.7. The highest BCUT2D eigenvalue weighted by atomic mass is 35.5. The van der Waals surface area contributed by atoms with Crippen molar-refractivity contribution in [3.63, 3.8) is 0 Å². The number of anilines is 1. The predicted octanol–water partition coefficient (Wildman–Crippen LogP) is 4.39. The molecule has 2 nitrogen and oxygen atoms in total. The molecule has 3 atom stereocenters. The highest BCUT2D eigenvalue weighted by Crippen LogP contribution is 2.40. The molecule has 1 heterocycles. The topological polar surface area (TPSA) is 29.3 Å². The van der Waals surface area contributed by atoms with Gasteiger partial charge in [0.15, 0.2) is 0 Å². The highest BCUT2D eigenvalue weighted by molar-refractivity contribution is 6.30. The standard InChI is InChI=1S/C18H27ClN2/c1-2-16(20)12-14-11-15(19)7-8-18(14)21-10-9-13-5-3-4-6-17(13)21/h7-8,11,13,16-17H,2-6,9-10,12,20H2,1H3. The van der Waals surface area contributed by atoms with Gasteiger partial charge < -0.3 is 10.6 Å². The second-order valence-electron chi connectivity index (χ2n) is 6.74. The molecule has 3 heteroatoms. The highest BCUT2D eigenvalue weighted by Gasteiger charge is 2.36. The molecular formula is C18H27ClN2. The van der Waals surface area contributed by atoms with Gasteiger partial charge in [0.05, 0.1) is 0 Å². The van der Waals surface area contributed by atoms with E-state index in [0.29, 0.717) is 0 Å². The van der Waals surface area contributed by atoms with Crippen LogP contribution in [-0.2, 0) is 6.42 Å². The number of benzene rings is 1. The van der Waals surface area contributed by atoms with Crippen molar-refractivity contribution in [2.24, 2.45) is 11.7 Å². The van der Waals surface area contributed by atoms with Crippen molar-refractivity contribution < 1.29 is 0 Å². The van der Waals surface area contributed by atoms with Crippen LogP contribution in [0.25, 0.3) is 0 Å². The van der Waals surface area contributed by atoms with E-state index in [0.717, 1.165) is 29.8 Å². The SMILES string of the molecule is CCC(N)Cc1cc(Cl)ccc1N1CCC2CCCCC21. The van der Waals surface area contributed by atoms with Crippen LogP contribution in [0.5, 0.6) is 0 Å². The van der Waals surface area contributed by atoms with Gasteiger partial charge in [0.2, 0.25) is 0 Å². The molecule has 1 saturated heterocycles. The van der Waals surface area contributed by atoms with Gasteiger partial charge in [0.1, 0.15) is 0 Å². The lowest BCUT2D eigenvalue weighted by Crippen LogP contribution is -2.35. The Bertz CT molecular complexity index is 488. The van der Waals surface area contributed by atoms with Gasteiger partial charge >= 0.3 is 0 Å². The summed E-state index contributed by atoms with van der Waals surface area (Å²) in [6, 6.07) is 7.36. The van der Waals surface area contributed by atoms with Crippen LogP contribution >= 0.6 is 11.6 Å². The van der Waals surface area contributed by atoms with Gasteiger partial charge in [-0.25, -0.2) is 0 Å². The minimum absolute atomic E-state index is 0.229. The maximum Gasteiger partial charge on any atom is 0.0410 e. The lowest BCUT2D eigenvalue weighted by Gasteiger charge is -2.34. The lowest BCUT2D eigenvalue weighted by molar-refractivity contribution is 0.342. The van der Waals surface area contributed by atoms with Crippen LogP contribution in [0, 0.1) is 5.92 Å². The van der Waals surface area contributed by atoms with Gasteiger partial charge in [-0.1, -0.05) is 31.4 Å². The molecule has 0 aromatic heterocycles. The Morgan fingerprint density at radius 2 is 2.10 bits per heavy atom. The zero-order chi connectivity index (χ0) is 14.8. The fourth-order valence-electron chi connectivity index (χ4n) is 4.13. The van der Waals surface area contributed by atoms with Crippen molar-refractivity contribution in [2.75, 3.05) is 11.4 Å². The van der Waals surface area contributed by atoms with Crippen LogP contribution in [0.3, 0.4) is 0 Å². The summed E-state index contributed by atoms with van der Waals surface area (Å²) in [6.45, 7) is 3.35. The summed E-state index contributed by atoms with van der Waals surface area (Å²) >= 11 is 6.23. The number of rotatable bonds is 4. The molecule has 1 aliphatic heterocycles. The number of nitrogens with zero attached hydrogens (tertiary/aromatic N) is 1. The van der Waals surface area contributed by atoms with Crippen LogP contribution in [0.2, 0.25) is 5.02 Å². The fourth-order valence-corrected chi connectivity index (χ4v) is 4.32. The first kappa shape index (κ1) is 15.2. The third-order valence-corrected chi connectivity index (χ3v) is 5.60. The second kappa shape index (κ2) is 6.58. The Kier molecular flexibility index (Phi) is 4.75. The van der Waals surface area contributed by atoms with Gasteiger partial charge in [-0.05, 0) is 61.8 Å². The Morgan fingerprint density at radius 3 is 2.90 bits per heavy atom. The van der Waals surface area contributed by atoms with Crippen molar-refractivity contribution in [3.8, 4) is 0 Å². The summed E-state index contributed by atoms with van der Waals surface area (Å²) < 4.78 is 0. The second-order valence-corrected chi connectivity index (χ2v) is 7.18. The molecule has 0 bridgehead atoms. The van der Waals surface area contributed by atoms with Gasteiger partial charge in [-0.15, -0.1) is 0 Å². The van der Waals surface area contributed by atoms with Crippen LogP contribution in [0.15, 0.2) is 18.2 Å². The summed E-state index contributed by atoms with van der Waals surface area (Å²) in [5.74, 6) is 0.905. The van der Waals surface area contributed by atoms with Crippen molar-refractivity contribution >= 4 is 17.3 Å². The minimum Gasteiger partial charge on any atom is -0.368 e. The Morgan fingerprint density at radius 1 is 1.29 bits per heavy atom. The zero-order valence-electron chi connectivity index (χ0n) is 13.0. The van der Waals surface area contributed by atoms with Crippen molar-refractivity contribution in [1.29, 1.82) is 0 Å². The van der Waals surface area contributed by atoms with E-state index < -0.39 is 0 Å². The molecule has 3 unspecified atom stereocenters. The van der Waals surface area contributed by atoms with Gasteiger partial charge in [-0.3, -0.25) is 0 Å². The number of fused-ring (bicyclic) bond motifs is 1. The van der Waals surface area contributed by atoms with Crippen LogP contribution in [0.4, 0.5) is 5.69 Å². The number of halogens is 1. The fraction of sp³-hybridized carbons (Fsp3) is 0.667. The third-order valence-electron chi connectivity index (χ3n) is 5.37. The third kappa shape index (κ3) is 3.22. The van der Waals surface area contributed by atoms with E-state index in [4.69, 9.17) is 17.3 Å². The van der Waals surface area contributed by atoms with Gasteiger partial charge in [-0.2, -0.15) is 0 Å². The largest absolute Gasteiger partial charge is 0.368 e. The van der Waals surface area contributed by atoms with E-state index in [-0.39, 0.29) is 6.04 Å². The average molecular weight is 307 g/mol. The number of hydrogen-bond acceptors (Lipinski definition) is 2. The number of hydrogen-bond donors (Lipinski definition) is 1. The summed E-state index contributed by atoms with van der Waals surface area (Å²) in [7, 11) is 0. The molecule has 2 aliphatic rings. The van der Waals surface area contributed by atoms with Crippen LogP contribution < -0.4 is 10.6 Å². The van der Waals surface area contributed by atoms with E-state index in [2.05, 4.69) is 24.0 Å². The van der Waals surface area contributed by atoms with Crippen molar-refractivity contribution in [3.05, 3.63) is 28.8 Å². The molecule has 0 radical (unpaired) electrons. The smallest absolute Gasteiger partial charge is 0.0410 e. The molecular weight excluding hydrogens is 280 g/mol. The molecule has 21 heavy (non-hydrogen) atoms. The molecule has 1 aliphatic carbocycles. The lowest BCUT2D eigenvalue weighted by atomic mass is 9.85. The van der Waals surface area contributed by atoms with E-state index in [1.165, 1.54) is 49.9 Å². The zero-order valence-corrected chi connectivity index (χ0v) is 13.8.